The lowest BCUT2D eigenvalue weighted by Crippen LogP contribution is -2.40. The van der Waals surface area contributed by atoms with Gasteiger partial charge < -0.3 is 20.6 Å². The molecule has 0 radical (unpaired) electrons. The van der Waals surface area contributed by atoms with Gasteiger partial charge in [-0.1, -0.05) is 19.1 Å². The van der Waals surface area contributed by atoms with Gasteiger partial charge in [-0.25, -0.2) is 4.79 Å². The van der Waals surface area contributed by atoms with Gasteiger partial charge >= 0.3 is 6.03 Å². The summed E-state index contributed by atoms with van der Waals surface area (Å²) in [6, 6.07) is 7.59. The normalized spacial score (nSPS) is 13.7. The maximum absolute atomic E-state index is 12.0. The van der Waals surface area contributed by atoms with Crippen molar-refractivity contribution in [2.45, 2.75) is 32.9 Å². The minimum absolute atomic E-state index is 0.0542. The Bertz CT molecular complexity index is 437. The van der Waals surface area contributed by atoms with Crippen molar-refractivity contribution in [3.8, 4) is 0 Å². The minimum atomic E-state index is -0.222. The number of aliphatic hydroxyl groups excluding tert-OH is 1. The van der Waals surface area contributed by atoms with Crippen molar-refractivity contribution in [1.82, 2.24) is 10.2 Å². The monoisotopic (exact) mass is 279 g/mol. The highest BCUT2D eigenvalue weighted by Crippen LogP contribution is 2.17. The van der Waals surface area contributed by atoms with E-state index in [2.05, 4.69) is 24.5 Å². The molecule has 0 fully saturated rings. The molecule has 0 aromatic heterocycles. The number of rotatable bonds is 6. The van der Waals surface area contributed by atoms with Crippen molar-refractivity contribution in [3.05, 3.63) is 29.8 Å². The van der Waals surface area contributed by atoms with Crippen LogP contribution in [0.1, 0.15) is 32.4 Å². The van der Waals surface area contributed by atoms with Gasteiger partial charge in [-0.15, -0.1) is 0 Å². The van der Waals surface area contributed by atoms with Crippen LogP contribution < -0.4 is 10.6 Å². The summed E-state index contributed by atoms with van der Waals surface area (Å²) in [6.07, 6.45) is 0. The number of hydrogen-bond donors (Lipinski definition) is 3. The lowest BCUT2D eigenvalue weighted by Gasteiger charge is -2.23. The van der Waals surface area contributed by atoms with Crippen molar-refractivity contribution in [2.24, 2.45) is 0 Å². The number of benzene rings is 1. The number of aliphatic hydroxyl groups is 1. The van der Waals surface area contributed by atoms with Gasteiger partial charge in [-0.3, -0.25) is 0 Å². The fraction of sp³-hybridized carbons (Fsp3) is 0.533. The lowest BCUT2D eigenvalue weighted by atomic mass is 10.1. The molecule has 5 nitrogen and oxygen atoms in total. The number of urea groups is 1. The number of nitrogens with zero attached hydrogens (tertiary/aromatic N) is 1. The third-order valence-electron chi connectivity index (χ3n) is 3.39. The number of nitrogens with one attached hydrogen (secondary N) is 2. The highest BCUT2D eigenvalue weighted by molar-refractivity contribution is 5.89. The number of carbonyl (C=O) groups excluding carboxylic acids is 1. The summed E-state index contributed by atoms with van der Waals surface area (Å²) in [5.41, 5.74) is 1.89. The third kappa shape index (κ3) is 4.51. The summed E-state index contributed by atoms with van der Waals surface area (Å²) in [7, 11) is 1.67. The predicted molar refractivity (Wildman–Crippen MR) is 81.9 cm³/mol. The molecule has 0 spiro atoms. The number of carbonyl (C=O) groups is 1. The van der Waals surface area contributed by atoms with E-state index in [1.165, 1.54) is 4.90 Å². The Hall–Kier alpha value is -1.59. The van der Waals surface area contributed by atoms with Gasteiger partial charge in [0.25, 0.3) is 0 Å². The van der Waals surface area contributed by atoms with Gasteiger partial charge in [-0.05, 0) is 38.1 Å². The molecule has 3 N–H and O–H groups in total. The topological polar surface area (TPSA) is 64.6 Å². The van der Waals surface area contributed by atoms with E-state index in [1.54, 1.807) is 14.0 Å². The van der Waals surface area contributed by atoms with E-state index in [4.69, 9.17) is 5.11 Å². The number of anilines is 1. The van der Waals surface area contributed by atoms with Crippen LogP contribution in [0.3, 0.4) is 0 Å². The van der Waals surface area contributed by atoms with E-state index < -0.39 is 0 Å². The second kappa shape index (κ2) is 7.87. The van der Waals surface area contributed by atoms with E-state index in [0.717, 1.165) is 17.8 Å². The Balaban J connectivity index is 2.73. The molecule has 20 heavy (non-hydrogen) atoms. The average Bonchev–Trinajstić information content (AvgIpc) is 2.46. The first kappa shape index (κ1) is 16.5. The Kier molecular flexibility index (Phi) is 6.48. The third-order valence-corrected chi connectivity index (χ3v) is 3.39. The Morgan fingerprint density at radius 3 is 2.70 bits per heavy atom. The second-order valence-electron chi connectivity index (χ2n) is 4.98. The molecule has 0 saturated carbocycles. The average molecular weight is 279 g/mol. The van der Waals surface area contributed by atoms with E-state index >= 15 is 0 Å². The SMILES string of the molecule is CCNC(C)c1cccc(NC(=O)N(C)C(C)CO)c1. The van der Waals surface area contributed by atoms with Crippen LogP contribution in [-0.4, -0.2) is 42.3 Å². The van der Waals surface area contributed by atoms with Crippen molar-refractivity contribution in [2.75, 3.05) is 25.5 Å². The highest BCUT2D eigenvalue weighted by atomic mass is 16.3. The van der Waals surface area contributed by atoms with Gasteiger partial charge in [0.1, 0.15) is 0 Å². The summed E-state index contributed by atoms with van der Waals surface area (Å²) >= 11 is 0. The van der Waals surface area contributed by atoms with Crippen LogP contribution in [0.4, 0.5) is 10.5 Å². The molecule has 1 rings (SSSR count). The minimum Gasteiger partial charge on any atom is -0.394 e. The fourth-order valence-corrected chi connectivity index (χ4v) is 1.84. The van der Waals surface area contributed by atoms with Crippen LogP contribution in [0, 0.1) is 0 Å². The van der Waals surface area contributed by atoms with Gasteiger partial charge in [0.15, 0.2) is 0 Å². The maximum atomic E-state index is 12.0. The Labute approximate surface area is 121 Å². The number of amides is 2. The number of hydrogen-bond acceptors (Lipinski definition) is 3. The molecule has 0 aliphatic carbocycles. The van der Waals surface area contributed by atoms with Crippen molar-refractivity contribution < 1.29 is 9.90 Å². The van der Waals surface area contributed by atoms with Crippen LogP contribution in [0.15, 0.2) is 24.3 Å². The molecule has 2 atom stereocenters. The molecular formula is C15H25N3O2. The zero-order valence-electron chi connectivity index (χ0n) is 12.7. The van der Waals surface area contributed by atoms with E-state index in [-0.39, 0.29) is 24.7 Å². The smallest absolute Gasteiger partial charge is 0.321 e. The van der Waals surface area contributed by atoms with E-state index in [0.29, 0.717) is 0 Å². The van der Waals surface area contributed by atoms with Crippen LogP contribution in [-0.2, 0) is 0 Å². The molecule has 0 bridgehead atoms. The summed E-state index contributed by atoms with van der Waals surface area (Å²) in [4.78, 5) is 13.5. The zero-order valence-corrected chi connectivity index (χ0v) is 12.7. The summed E-state index contributed by atoms with van der Waals surface area (Å²) in [6.45, 7) is 6.79. The van der Waals surface area contributed by atoms with Crippen LogP contribution in [0.2, 0.25) is 0 Å². The van der Waals surface area contributed by atoms with Crippen LogP contribution in [0.25, 0.3) is 0 Å². The molecular weight excluding hydrogens is 254 g/mol. The van der Waals surface area contributed by atoms with Gasteiger partial charge in [-0.2, -0.15) is 0 Å². The predicted octanol–water partition coefficient (Wildman–Crippen LogP) is 2.20. The maximum Gasteiger partial charge on any atom is 0.321 e. The Morgan fingerprint density at radius 2 is 2.10 bits per heavy atom. The van der Waals surface area contributed by atoms with E-state index in [1.807, 2.05) is 24.3 Å². The van der Waals surface area contributed by atoms with Gasteiger partial charge in [0.2, 0.25) is 0 Å². The first-order valence-corrected chi connectivity index (χ1v) is 6.97. The van der Waals surface area contributed by atoms with Crippen LogP contribution in [0.5, 0.6) is 0 Å². The molecule has 0 aliphatic heterocycles. The quantitative estimate of drug-likeness (QED) is 0.748. The van der Waals surface area contributed by atoms with Crippen molar-refractivity contribution in [1.29, 1.82) is 0 Å². The molecule has 112 valence electrons. The molecule has 2 amide bonds. The second-order valence-corrected chi connectivity index (χ2v) is 4.98. The molecule has 0 heterocycles. The summed E-state index contributed by atoms with van der Waals surface area (Å²) in [5, 5.41) is 15.2. The summed E-state index contributed by atoms with van der Waals surface area (Å²) < 4.78 is 0. The van der Waals surface area contributed by atoms with Crippen molar-refractivity contribution in [3.63, 3.8) is 0 Å². The van der Waals surface area contributed by atoms with Gasteiger partial charge in [0, 0.05) is 18.8 Å². The molecule has 1 aromatic rings. The summed E-state index contributed by atoms with van der Waals surface area (Å²) in [5.74, 6) is 0. The molecule has 0 saturated heterocycles. The van der Waals surface area contributed by atoms with E-state index in [9.17, 15) is 4.79 Å². The highest BCUT2D eigenvalue weighted by Gasteiger charge is 2.15. The first-order chi connectivity index (χ1) is 9.49. The number of likely N-dealkylation sites (N-methyl/N-ethyl adjacent to an activating group) is 1. The fourth-order valence-electron chi connectivity index (χ4n) is 1.84. The standard InChI is InChI=1S/C15H25N3O2/c1-5-16-12(3)13-7-6-8-14(9-13)17-15(20)18(4)11(2)10-19/h6-9,11-12,16,19H,5,10H2,1-4H3,(H,17,20). The molecule has 0 aliphatic rings. The molecule has 2 unspecified atom stereocenters. The van der Waals surface area contributed by atoms with Gasteiger partial charge in [0.05, 0.1) is 12.6 Å². The largest absolute Gasteiger partial charge is 0.394 e. The Morgan fingerprint density at radius 1 is 1.40 bits per heavy atom. The lowest BCUT2D eigenvalue weighted by molar-refractivity contribution is 0.166. The first-order valence-electron chi connectivity index (χ1n) is 6.97. The molecule has 5 heteroatoms. The zero-order chi connectivity index (χ0) is 15.1. The van der Waals surface area contributed by atoms with Crippen molar-refractivity contribution >= 4 is 11.7 Å². The van der Waals surface area contributed by atoms with Crippen LogP contribution >= 0.6 is 0 Å². The molecule has 1 aromatic carbocycles.